The summed E-state index contributed by atoms with van der Waals surface area (Å²) in [6.45, 7) is 40.7. The number of rotatable bonds is 1. The van der Waals surface area contributed by atoms with Crippen molar-refractivity contribution in [3.63, 3.8) is 0 Å². The molecule has 0 aromatic heterocycles. The van der Waals surface area contributed by atoms with Crippen molar-refractivity contribution in [3.8, 4) is 0 Å². The summed E-state index contributed by atoms with van der Waals surface area (Å²) in [4.78, 5) is 0. The van der Waals surface area contributed by atoms with Crippen LogP contribution in [0.1, 0.15) is 90.0 Å². The summed E-state index contributed by atoms with van der Waals surface area (Å²) in [7, 11) is 0. The predicted octanol–water partition coefficient (Wildman–Crippen LogP) is 15.4. The zero-order chi connectivity index (χ0) is 52.0. The van der Waals surface area contributed by atoms with E-state index < -0.39 is 0 Å². The van der Waals surface area contributed by atoms with E-state index in [-0.39, 0.29) is 12.1 Å². The normalized spacial score (nSPS) is 18.6. The first-order valence-corrected chi connectivity index (χ1v) is 29.7. The Kier molecular flexibility index (Phi) is 4.77. The summed E-state index contributed by atoms with van der Waals surface area (Å²) in [5.41, 5.74) is 26.4. The van der Waals surface area contributed by atoms with Gasteiger partial charge in [-0.2, -0.15) is 0 Å². The highest BCUT2D eigenvalue weighted by atomic mass is 15.1. The van der Waals surface area contributed by atoms with Crippen LogP contribution in [0.15, 0.2) is 0 Å². The molecule has 20 aromatic rings. The molecule has 20 aromatic carbocycles. The van der Waals surface area contributed by atoms with E-state index in [1.54, 1.807) is 44.2 Å². The molecule has 2 aliphatic heterocycles. The van der Waals surface area contributed by atoms with Gasteiger partial charge in [-0.15, -0.1) is 0 Å². The lowest BCUT2D eigenvalue weighted by atomic mass is 9.78. The average molecular weight is 1010 g/mol. The fourth-order valence-corrected chi connectivity index (χ4v) is 23.8. The Morgan fingerprint density at radius 1 is 0.237 bits per heavy atom. The van der Waals surface area contributed by atoms with E-state index in [9.17, 15) is 0 Å². The molecule has 4 aliphatic carbocycles. The highest BCUT2D eigenvalue weighted by Crippen LogP contribution is 2.69. The molecule has 2 nitrogen and oxygen atoms in total. The number of anilines is 2. The van der Waals surface area contributed by atoms with Gasteiger partial charge in [0.2, 0.25) is 0 Å². The van der Waals surface area contributed by atoms with Crippen molar-refractivity contribution in [2.75, 3.05) is 10.6 Å². The highest BCUT2D eigenvalue weighted by Gasteiger charge is 2.47. The Bertz CT molecular complexity index is 6770. The smallest absolute Gasteiger partial charge is 0.0767 e. The maximum atomic E-state index is 5.26. The van der Waals surface area contributed by atoms with Gasteiger partial charge in [0.25, 0.3) is 0 Å². The average Bonchev–Trinajstić information content (AvgIpc) is 1.82. The molecule has 0 spiro atoms. The third-order valence-corrected chi connectivity index (χ3v) is 25.8. The van der Waals surface area contributed by atoms with Gasteiger partial charge in [0, 0.05) is 43.7 Å². The summed E-state index contributed by atoms with van der Waals surface area (Å²) >= 11 is 0. The van der Waals surface area contributed by atoms with Gasteiger partial charge < -0.3 is 10.6 Å². The van der Waals surface area contributed by atoms with E-state index in [4.69, 9.17) is 26.3 Å². The molecular formula is C78H44N2. The zero-order valence-corrected chi connectivity index (χ0v) is 45.8. The molecule has 6 aliphatic rings. The highest BCUT2D eigenvalue weighted by molar-refractivity contribution is 6.63. The van der Waals surface area contributed by atoms with Crippen molar-refractivity contribution in [1.29, 1.82) is 0 Å². The molecule has 0 radical (unpaired) electrons. The third kappa shape index (κ3) is 2.81. The zero-order valence-electron chi connectivity index (χ0n) is 45.8. The second-order valence-electron chi connectivity index (χ2n) is 27.8. The van der Waals surface area contributed by atoms with Crippen LogP contribution in [0.3, 0.4) is 0 Å². The summed E-state index contributed by atoms with van der Waals surface area (Å²) in [5.74, 6) is 0. The lowest BCUT2D eigenvalue weighted by molar-refractivity contribution is 0.650. The molecule has 2 atom stereocenters. The van der Waals surface area contributed by atoms with Crippen molar-refractivity contribution in [2.45, 2.75) is 93.2 Å². The van der Waals surface area contributed by atoms with E-state index in [0.717, 1.165) is 25.7 Å². The Labute approximate surface area is 453 Å². The number of hydrogen-bond donors (Lipinski definition) is 2. The van der Waals surface area contributed by atoms with Crippen LogP contribution in [0.5, 0.6) is 0 Å². The quantitative estimate of drug-likeness (QED) is 0.160. The monoisotopic (exact) mass is 1010 g/mol. The van der Waals surface area contributed by atoms with Crippen molar-refractivity contribution >= 4 is 243 Å². The minimum atomic E-state index is -0.122. The molecule has 0 saturated carbocycles. The molecule has 2 unspecified atom stereocenters. The number of nitrogens with one attached hydrogen (secondary N) is 2. The first kappa shape index (κ1) is 38.0. The van der Waals surface area contributed by atoms with E-state index in [1.807, 2.05) is 0 Å². The second-order valence-corrected chi connectivity index (χ2v) is 27.8. The number of fused-ring (bicyclic) bond motifs is 2. The van der Waals surface area contributed by atoms with Gasteiger partial charge in [0.1, 0.15) is 0 Å². The van der Waals surface area contributed by atoms with Crippen LogP contribution in [-0.4, -0.2) is 0 Å². The molecule has 366 valence electrons. The topological polar surface area (TPSA) is 24.1 Å². The van der Waals surface area contributed by atoms with E-state index >= 15 is 0 Å². The molecule has 80 heavy (non-hydrogen) atoms. The van der Waals surface area contributed by atoms with Crippen molar-refractivity contribution in [3.05, 3.63) is 109 Å². The summed E-state index contributed by atoms with van der Waals surface area (Å²) in [6, 6.07) is -0.245. The van der Waals surface area contributed by atoms with Crippen LogP contribution in [0.4, 0.5) is 11.4 Å². The van der Waals surface area contributed by atoms with Crippen LogP contribution in [0.25, 0.3) is 231 Å². The first-order chi connectivity index (χ1) is 38.8. The van der Waals surface area contributed by atoms with Gasteiger partial charge in [-0.3, -0.25) is 0 Å². The molecular weight excluding hydrogens is 965 g/mol. The van der Waals surface area contributed by atoms with Gasteiger partial charge in [0.15, 0.2) is 0 Å². The molecule has 26 rings (SSSR count). The Morgan fingerprint density at radius 2 is 0.512 bits per heavy atom. The summed E-state index contributed by atoms with van der Waals surface area (Å²) < 4.78 is 0. The van der Waals surface area contributed by atoms with E-state index in [2.05, 4.69) is 66.0 Å². The lowest BCUT2D eigenvalue weighted by Crippen LogP contribution is -2.31. The largest absolute Gasteiger partial charge is 0.375 e. The lowest BCUT2D eigenvalue weighted by Gasteiger charge is -2.39. The number of benzene rings is 12. The number of hydrogen-bond acceptors (Lipinski definition) is 2. The van der Waals surface area contributed by atoms with Crippen LogP contribution >= 0.6 is 0 Å². The van der Waals surface area contributed by atoms with E-state index in [0.29, 0.717) is 0 Å². The van der Waals surface area contributed by atoms with E-state index in [1.165, 1.54) is 281 Å². The van der Waals surface area contributed by atoms with Crippen molar-refractivity contribution < 1.29 is 0 Å². The first-order valence-electron chi connectivity index (χ1n) is 29.7. The minimum absolute atomic E-state index is 0.122. The van der Waals surface area contributed by atoms with Crippen molar-refractivity contribution in [2.24, 2.45) is 0 Å². The fourth-order valence-electron chi connectivity index (χ4n) is 23.8. The minimum Gasteiger partial charge on any atom is -0.375 e. The van der Waals surface area contributed by atoms with Crippen LogP contribution in [-0.2, 0) is 25.7 Å². The standard InChI is InChI=1S/C78H44N2/c1-17-31-13-29-15-33(31)47-49-35(17)19(3)37-21(5)39-25(9)45-59-65-53(39)51(37)63(49)67-61(47)57-43(29)23(7)41-27(11)75(73(59)71(55(41)57)69(65)67)79-77(45)78-46-26(10)40-22(6)38-20(4)36-18(2)32-14-30-16-34(32)48-50(36)64-52(38)54(40)66-60(46)74-72-56-42(28(12)76(74)80-78)24(8)44(30)58(56)62(48)68(64)70(66)72/h77-80H,5-8,13-16H2,1-4,9-12H3. The van der Waals surface area contributed by atoms with Crippen molar-refractivity contribution in [1.82, 2.24) is 0 Å². The van der Waals surface area contributed by atoms with Gasteiger partial charge in [-0.05, 0) is 352 Å². The Morgan fingerprint density at radius 3 is 0.900 bits per heavy atom. The molecule has 2 heteroatoms. The van der Waals surface area contributed by atoms with Gasteiger partial charge in [0.05, 0.1) is 12.1 Å². The maximum Gasteiger partial charge on any atom is 0.0767 e. The Hall–Kier alpha value is -8.72. The third-order valence-electron chi connectivity index (χ3n) is 25.8. The second kappa shape index (κ2) is 10.0. The molecule has 4 bridgehead atoms. The number of aryl methyl sites for hydroxylation is 8. The molecule has 0 saturated heterocycles. The molecule has 2 N–H and O–H groups in total. The predicted molar refractivity (Wildman–Crippen MR) is 346 cm³/mol. The Balaban J connectivity index is 0.920. The molecule has 0 amide bonds. The SMILES string of the molecule is C=c1c2c3c4c1c(C)c1c5c6c(c(C)c7c(=C)c8c(C)c9c(C)c%10c(c%11c9c9c8c7c6c(c54)c9c%113)CC=2C%10)C(C2Nc3c(C)c4c(=C)c5c6c4c4c3c3c2c(C)c2c(=C)c7c(C)c8c(C)c9c(c%10c8c8c7c2c3c4c8c%106)CC=5C9)N1. The van der Waals surface area contributed by atoms with Gasteiger partial charge in [-0.25, -0.2) is 0 Å². The summed E-state index contributed by atoms with van der Waals surface area (Å²) in [5, 5.41) is 70.7. The van der Waals surface area contributed by atoms with Gasteiger partial charge >= 0.3 is 0 Å². The van der Waals surface area contributed by atoms with Gasteiger partial charge in [-0.1, -0.05) is 37.5 Å². The molecule has 2 heterocycles. The summed E-state index contributed by atoms with van der Waals surface area (Å²) in [6.07, 6.45) is 4.11. The fraction of sp³-hybridized carbons (Fsp3) is 0.179. The maximum absolute atomic E-state index is 5.26. The van der Waals surface area contributed by atoms with Crippen LogP contribution < -0.4 is 41.9 Å². The van der Waals surface area contributed by atoms with Crippen LogP contribution in [0, 0.1) is 55.4 Å². The van der Waals surface area contributed by atoms with Crippen LogP contribution in [0.2, 0.25) is 0 Å². The molecule has 0 fully saturated rings.